The first-order chi connectivity index (χ1) is 18.9. The molecule has 1 aliphatic heterocycles. The number of anilines is 1. The average Bonchev–Trinajstić information content (AvgIpc) is 2.93. The molecule has 0 aliphatic carbocycles. The van der Waals surface area contributed by atoms with Gasteiger partial charge in [-0.15, -0.1) is 0 Å². The van der Waals surface area contributed by atoms with Crippen LogP contribution in [0.25, 0.3) is 0 Å². The molecule has 2 N–H and O–H groups in total. The molecule has 1 saturated heterocycles. The van der Waals surface area contributed by atoms with Crippen molar-refractivity contribution in [2.45, 2.75) is 53.3 Å². The Bertz CT molecular complexity index is 1570. The van der Waals surface area contributed by atoms with Gasteiger partial charge in [0.2, 0.25) is 19.9 Å². The summed E-state index contributed by atoms with van der Waals surface area (Å²) in [7, 11) is -6.51. The summed E-state index contributed by atoms with van der Waals surface area (Å²) >= 11 is 5.55. The third-order valence-electron chi connectivity index (χ3n) is 6.78. The van der Waals surface area contributed by atoms with Gasteiger partial charge < -0.3 is 15.0 Å². The molecule has 0 unspecified atom stereocenters. The molecule has 0 amide bonds. The normalized spacial score (nSPS) is 14.8. The lowest BCUT2D eigenvalue weighted by atomic mass is 10.0. The molecular weight excluding hydrogens is 574 g/mol. The number of sulfone groups is 1. The number of benzene rings is 3. The Morgan fingerprint density at radius 1 is 0.950 bits per heavy atom. The van der Waals surface area contributed by atoms with Gasteiger partial charge in [0.15, 0.2) is 5.11 Å². The smallest absolute Gasteiger partial charge is 0.241 e. The number of sulfonamides is 1. The minimum Gasteiger partial charge on any atom is -0.497 e. The van der Waals surface area contributed by atoms with E-state index in [1.54, 1.807) is 7.11 Å². The van der Waals surface area contributed by atoms with Crippen LogP contribution in [0.15, 0.2) is 81.4 Å². The summed E-state index contributed by atoms with van der Waals surface area (Å²) in [4.78, 5) is 1.62. The van der Waals surface area contributed by atoms with Crippen molar-refractivity contribution in [2.24, 2.45) is 0 Å². The van der Waals surface area contributed by atoms with Gasteiger partial charge in [-0.2, -0.15) is 0 Å². The van der Waals surface area contributed by atoms with Gasteiger partial charge in [0.1, 0.15) is 11.6 Å². The van der Waals surface area contributed by atoms with E-state index in [9.17, 15) is 21.2 Å². The number of nitrogens with zero attached hydrogens (tertiary/aromatic N) is 1. The van der Waals surface area contributed by atoms with Crippen molar-refractivity contribution in [3.05, 3.63) is 78.1 Å². The van der Waals surface area contributed by atoms with Crippen LogP contribution in [0.4, 0.5) is 10.1 Å². The minimum absolute atomic E-state index is 0.0789. The van der Waals surface area contributed by atoms with Crippen molar-refractivity contribution in [3.63, 3.8) is 0 Å². The molecule has 3 aromatic rings. The summed E-state index contributed by atoms with van der Waals surface area (Å²) in [6.45, 7) is 4.78. The van der Waals surface area contributed by atoms with Crippen LogP contribution in [-0.2, 0) is 19.9 Å². The Balaban J connectivity index is 1.48. The number of hydrogen-bond acceptors (Lipinski definition) is 6. The fraction of sp³-hybridized carbons (Fsp3) is 0.321. The SMILES string of the molecule is COc1ccc(NC(=S)N2CCC(NS(=O)(=O)c3cc(S(=O)(=O)c4ccc(F)cc4)ccc3C(C)C)CC2)cc1. The maximum atomic E-state index is 13.6. The summed E-state index contributed by atoms with van der Waals surface area (Å²) < 4.78 is 74.8. The number of methoxy groups -OCH3 is 1. The number of likely N-dealkylation sites (tertiary alicyclic amines) is 1. The molecule has 8 nitrogen and oxygen atoms in total. The molecule has 4 rings (SSSR count). The largest absolute Gasteiger partial charge is 0.497 e. The Kier molecular flexibility index (Phi) is 9.13. The zero-order valence-corrected chi connectivity index (χ0v) is 24.9. The molecule has 214 valence electrons. The molecule has 0 spiro atoms. The first-order valence-corrected chi connectivity index (χ1v) is 16.1. The van der Waals surface area contributed by atoms with Gasteiger partial charge in [0.05, 0.1) is 21.8 Å². The summed E-state index contributed by atoms with van der Waals surface area (Å²) in [6.07, 6.45) is 1.04. The van der Waals surface area contributed by atoms with Crippen molar-refractivity contribution in [3.8, 4) is 5.75 Å². The van der Waals surface area contributed by atoms with Crippen molar-refractivity contribution < 1.29 is 26.0 Å². The van der Waals surface area contributed by atoms with Crippen LogP contribution >= 0.6 is 12.2 Å². The van der Waals surface area contributed by atoms with Crippen LogP contribution in [0.5, 0.6) is 5.75 Å². The van der Waals surface area contributed by atoms with Crippen LogP contribution in [-0.4, -0.2) is 53.1 Å². The number of ether oxygens (including phenoxy) is 1. The molecule has 12 heteroatoms. The van der Waals surface area contributed by atoms with E-state index in [1.165, 1.54) is 18.2 Å². The standard InChI is InChI=1S/C28H32FN3O5S3/c1-19(2)26-13-12-25(39(33,34)24-10-4-20(29)5-11-24)18-27(26)40(35,36)31-22-14-16-32(17-15-22)28(38)30-21-6-8-23(37-3)9-7-21/h4-13,18-19,22,31H,14-17H2,1-3H3,(H,30,38). The van der Waals surface area contributed by atoms with E-state index in [0.29, 0.717) is 36.6 Å². The maximum Gasteiger partial charge on any atom is 0.241 e. The first kappa shape index (κ1) is 29.9. The topological polar surface area (TPSA) is 105 Å². The summed E-state index contributed by atoms with van der Waals surface area (Å²) in [5.74, 6) is 0.00563. The number of hydrogen-bond donors (Lipinski definition) is 2. The monoisotopic (exact) mass is 605 g/mol. The van der Waals surface area contributed by atoms with Crippen molar-refractivity contribution in [1.29, 1.82) is 0 Å². The second kappa shape index (κ2) is 12.2. The Morgan fingerprint density at radius 3 is 2.12 bits per heavy atom. The van der Waals surface area contributed by atoms with Crippen LogP contribution in [0.3, 0.4) is 0 Å². The fourth-order valence-electron chi connectivity index (χ4n) is 4.50. The van der Waals surface area contributed by atoms with Crippen LogP contribution < -0.4 is 14.8 Å². The first-order valence-electron chi connectivity index (χ1n) is 12.8. The van der Waals surface area contributed by atoms with E-state index < -0.39 is 25.7 Å². The van der Waals surface area contributed by atoms with Crippen LogP contribution in [0.1, 0.15) is 38.2 Å². The van der Waals surface area contributed by atoms with Crippen LogP contribution in [0.2, 0.25) is 0 Å². The van der Waals surface area contributed by atoms with E-state index in [0.717, 1.165) is 35.7 Å². The minimum atomic E-state index is -4.05. The molecule has 3 aromatic carbocycles. The maximum absolute atomic E-state index is 13.6. The Labute approximate surface area is 240 Å². The van der Waals surface area contributed by atoms with Gasteiger partial charge in [0.25, 0.3) is 0 Å². The quantitative estimate of drug-likeness (QED) is 0.275. The highest BCUT2D eigenvalue weighted by Gasteiger charge is 2.29. The number of rotatable bonds is 8. The summed E-state index contributed by atoms with van der Waals surface area (Å²) in [5, 5.41) is 3.74. The number of nitrogens with one attached hydrogen (secondary N) is 2. The predicted molar refractivity (Wildman–Crippen MR) is 157 cm³/mol. The van der Waals surface area contributed by atoms with E-state index in [4.69, 9.17) is 17.0 Å². The lowest BCUT2D eigenvalue weighted by Crippen LogP contribution is -2.47. The van der Waals surface area contributed by atoms with E-state index in [-0.39, 0.29) is 26.6 Å². The molecule has 0 saturated carbocycles. The molecule has 1 fully saturated rings. The number of piperidine rings is 1. The summed E-state index contributed by atoms with van der Waals surface area (Å²) in [5.41, 5.74) is 1.33. The molecule has 0 radical (unpaired) electrons. The lowest BCUT2D eigenvalue weighted by molar-refractivity contribution is 0.305. The Morgan fingerprint density at radius 2 is 1.55 bits per heavy atom. The van der Waals surface area contributed by atoms with Crippen LogP contribution in [0, 0.1) is 5.82 Å². The predicted octanol–water partition coefficient (Wildman–Crippen LogP) is 4.93. The molecule has 40 heavy (non-hydrogen) atoms. The number of thiocarbonyl (C=S) groups is 1. The molecule has 1 heterocycles. The molecule has 0 atom stereocenters. The van der Waals surface area contributed by atoms with Gasteiger partial charge in [0, 0.05) is 24.8 Å². The summed E-state index contributed by atoms with van der Waals surface area (Å²) in [6, 6.07) is 15.6. The van der Waals surface area contributed by atoms with Gasteiger partial charge in [-0.25, -0.2) is 25.9 Å². The molecular formula is C28H32FN3O5S3. The molecule has 1 aliphatic rings. The highest BCUT2D eigenvalue weighted by Crippen LogP contribution is 2.30. The highest BCUT2D eigenvalue weighted by molar-refractivity contribution is 7.91. The number of halogens is 1. The van der Waals surface area contributed by atoms with Gasteiger partial charge >= 0.3 is 0 Å². The van der Waals surface area contributed by atoms with Gasteiger partial charge in [-0.05, 0) is 97.2 Å². The van der Waals surface area contributed by atoms with Crippen molar-refractivity contribution in [2.75, 3.05) is 25.5 Å². The van der Waals surface area contributed by atoms with Crippen molar-refractivity contribution in [1.82, 2.24) is 9.62 Å². The molecule has 0 bridgehead atoms. The highest BCUT2D eigenvalue weighted by atomic mass is 32.2. The van der Waals surface area contributed by atoms with E-state index >= 15 is 0 Å². The fourth-order valence-corrected chi connectivity index (χ4v) is 7.86. The second-order valence-electron chi connectivity index (χ2n) is 9.85. The third kappa shape index (κ3) is 6.80. The van der Waals surface area contributed by atoms with E-state index in [2.05, 4.69) is 10.0 Å². The van der Waals surface area contributed by atoms with E-state index in [1.807, 2.05) is 43.0 Å². The van der Waals surface area contributed by atoms with Gasteiger partial charge in [-0.1, -0.05) is 19.9 Å². The van der Waals surface area contributed by atoms with Crippen molar-refractivity contribution >= 4 is 42.9 Å². The second-order valence-corrected chi connectivity index (χ2v) is 13.9. The third-order valence-corrected chi connectivity index (χ3v) is 10.5. The zero-order valence-electron chi connectivity index (χ0n) is 22.4. The lowest BCUT2D eigenvalue weighted by Gasteiger charge is -2.34. The van der Waals surface area contributed by atoms with Gasteiger partial charge in [-0.3, -0.25) is 0 Å². The molecule has 0 aromatic heterocycles. The Hall–Kier alpha value is -3.06. The average molecular weight is 606 g/mol. The zero-order chi connectivity index (χ0) is 29.1.